The topological polar surface area (TPSA) is 98.0 Å². The second-order valence-corrected chi connectivity index (χ2v) is 5.48. The Morgan fingerprint density at radius 1 is 1.57 bits per heavy atom. The van der Waals surface area contributed by atoms with Crippen LogP contribution in [-0.4, -0.2) is 23.0 Å². The van der Waals surface area contributed by atoms with Gasteiger partial charge in [0.1, 0.15) is 6.07 Å². The summed E-state index contributed by atoms with van der Waals surface area (Å²) in [6.07, 6.45) is 4.82. The minimum atomic E-state index is -0.143. The summed E-state index contributed by atoms with van der Waals surface area (Å²) in [5.41, 5.74) is 6.55. The number of nitrogens with two attached hydrogens (primary N) is 1. The van der Waals surface area contributed by atoms with Crippen LogP contribution in [0.4, 0.5) is 0 Å². The van der Waals surface area contributed by atoms with Crippen molar-refractivity contribution in [2.45, 2.75) is 23.8 Å². The molecule has 0 fully saturated rings. The van der Waals surface area contributed by atoms with Crippen molar-refractivity contribution in [3.05, 3.63) is 35.9 Å². The molecule has 0 amide bonds. The lowest BCUT2D eigenvalue weighted by molar-refractivity contribution is 0.355. The molecule has 110 valence electrons. The Hall–Kier alpha value is -2.04. The first kappa shape index (κ1) is 15.4. The first-order valence-electron chi connectivity index (χ1n) is 6.47. The summed E-state index contributed by atoms with van der Waals surface area (Å²) in [5.74, 6) is 2.06. The average molecular weight is 304 g/mol. The molecule has 2 aromatic rings. The zero-order valence-corrected chi connectivity index (χ0v) is 12.5. The number of thioether (sulfide) groups is 1. The van der Waals surface area contributed by atoms with Gasteiger partial charge in [0, 0.05) is 23.2 Å². The van der Waals surface area contributed by atoms with Crippen LogP contribution >= 0.6 is 11.8 Å². The van der Waals surface area contributed by atoms with Crippen molar-refractivity contribution in [2.75, 3.05) is 12.9 Å². The van der Waals surface area contributed by atoms with Crippen molar-refractivity contribution < 1.29 is 9.26 Å². The molecule has 2 heterocycles. The van der Waals surface area contributed by atoms with Gasteiger partial charge in [0.25, 0.3) is 0 Å². The fourth-order valence-corrected chi connectivity index (χ4v) is 2.75. The highest BCUT2D eigenvalue weighted by molar-refractivity contribution is 7.99. The van der Waals surface area contributed by atoms with Gasteiger partial charge in [0.05, 0.1) is 24.9 Å². The van der Waals surface area contributed by atoms with Crippen molar-refractivity contribution in [2.24, 2.45) is 5.73 Å². The van der Waals surface area contributed by atoms with Crippen LogP contribution in [0.25, 0.3) is 0 Å². The quantitative estimate of drug-likeness (QED) is 0.620. The van der Waals surface area contributed by atoms with Gasteiger partial charge in [0.2, 0.25) is 5.88 Å². The van der Waals surface area contributed by atoms with Crippen LogP contribution in [0.2, 0.25) is 0 Å². The van der Waals surface area contributed by atoms with Crippen LogP contribution < -0.4 is 10.5 Å². The molecule has 0 bridgehead atoms. The third-order valence-electron chi connectivity index (χ3n) is 2.91. The molecule has 0 aliphatic rings. The normalized spacial score (nSPS) is 11.9. The van der Waals surface area contributed by atoms with E-state index >= 15 is 0 Å². The SMILES string of the molecule is COc1cc(SCCCC(N)c2ccno2)c(C#N)cn1. The number of aromatic nitrogens is 2. The van der Waals surface area contributed by atoms with Crippen LogP contribution in [-0.2, 0) is 0 Å². The molecular formula is C14H16N4O2S. The van der Waals surface area contributed by atoms with Crippen LogP contribution in [0.1, 0.15) is 30.2 Å². The van der Waals surface area contributed by atoms with Gasteiger partial charge in [-0.1, -0.05) is 5.16 Å². The lowest BCUT2D eigenvalue weighted by Gasteiger charge is -2.08. The Bertz CT molecular complexity index is 610. The fraction of sp³-hybridized carbons (Fsp3) is 0.357. The minimum Gasteiger partial charge on any atom is -0.481 e. The molecule has 1 atom stereocenters. The fourth-order valence-electron chi connectivity index (χ4n) is 1.78. The zero-order chi connectivity index (χ0) is 15.1. The summed E-state index contributed by atoms with van der Waals surface area (Å²) >= 11 is 1.60. The Balaban J connectivity index is 1.84. The van der Waals surface area contributed by atoms with E-state index in [0.29, 0.717) is 17.2 Å². The van der Waals surface area contributed by atoms with Crippen molar-refractivity contribution in [3.8, 4) is 11.9 Å². The van der Waals surface area contributed by atoms with E-state index in [2.05, 4.69) is 16.2 Å². The van der Waals surface area contributed by atoms with Crippen LogP contribution in [0.5, 0.6) is 5.88 Å². The zero-order valence-electron chi connectivity index (χ0n) is 11.7. The van der Waals surface area contributed by atoms with E-state index in [-0.39, 0.29) is 6.04 Å². The molecule has 0 saturated heterocycles. The van der Waals surface area contributed by atoms with E-state index in [1.165, 1.54) is 6.20 Å². The number of rotatable bonds is 7. The third-order valence-corrected chi connectivity index (χ3v) is 4.05. The molecule has 1 unspecified atom stereocenters. The van der Waals surface area contributed by atoms with Gasteiger partial charge in [-0.05, 0) is 18.6 Å². The van der Waals surface area contributed by atoms with E-state index in [9.17, 15) is 0 Å². The van der Waals surface area contributed by atoms with Crippen molar-refractivity contribution in [1.82, 2.24) is 10.1 Å². The number of methoxy groups -OCH3 is 1. The van der Waals surface area contributed by atoms with Gasteiger partial charge in [-0.25, -0.2) is 4.98 Å². The van der Waals surface area contributed by atoms with E-state index in [1.54, 1.807) is 37.2 Å². The van der Waals surface area contributed by atoms with Gasteiger partial charge >= 0.3 is 0 Å². The van der Waals surface area contributed by atoms with Crippen LogP contribution in [0.3, 0.4) is 0 Å². The largest absolute Gasteiger partial charge is 0.481 e. The second kappa shape index (κ2) is 7.67. The Kier molecular flexibility index (Phi) is 5.60. The molecule has 0 aliphatic heterocycles. The van der Waals surface area contributed by atoms with Gasteiger partial charge < -0.3 is 15.0 Å². The highest BCUT2D eigenvalue weighted by atomic mass is 32.2. The molecular weight excluding hydrogens is 288 g/mol. The first-order chi connectivity index (χ1) is 10.2. The Morgan fingerprint density at radius 2 is 2.43 bits per heavy atom. The summed E-state index contributed by atoms with van der Waals surface area (Å²) in [4.78, 5) is 4.89. The van der Waals surface area contributed by atoms with Crippen molar-refractivity contribution in [3.63, 3.8) is 0 Å². The van der Waals surface area contributed by atoms with E-state index in [0.717, 1.165) is 23.5 Å². The molecule has 21 heavy (non-hydrogen) atoms. The van der Waals surface area contributed by atoms with Crippen molar-refractivity contribution in [1.29, 1.82) is 5.26 Å². The second-order valence-electron chi connectivity index (χ2n) is 4.35. The first-order valence-corrected chi connectivity index (χ1v) is 7.46. The lowest BCUT2D eigenvalue weighted by atomic mass is 10.1. The Morgan fingerprint density at radius 3 is 3.10 bits per heavy atom. The van der Waals surface area contributed by atoms with Gasteiger partial charge in [0.15, 0.2) is 5.76 Å². The summed E-state index contributed by atoms with van der Waals surface area (Å²) in [7, 11) is 1.55. The summed E-state index contributed by atoms with van der Waals surface area (Å²) in [5, 5.41) is 12.7. The van der Waals surface area contributed by atoms with Crippen molar-refractivity contribution >= 4 is 11.8 Å². The van der Waals surface area contributed by atoms with E-state index in [1.807, 2.05) is 0 Å². The third kappa shape index (κ3) is 4.21. The molecule has 0 aliphatic carbocycles. The van der Waals surface area contributed by atoms with Crippen LogP contribution in [0.15, 0.2) is 33.9 Å². The number of hydrogen-bond acceptors (Lipinski definition) is 7. The summed E-state index contributed by atoms with van der Waals surface area (Å²) in [6, 6.07) is 5.54. The standard InChI is InChI=1S/C14H16N4O2S/c1-19-14-7-13(10(8-15)9-17-14)21-6-2-3-11(16)12-4-5-18-20-12/h4-5,7,9,11H,2-3,6,16H2,1H3. The van der Waals surface area contributed by atoms with E-state index < -0.39 is 0 Å². The number of ether oxygens (including phenoxy) is 1. The highest BCUT2D eigenvalue weighted by Gasteiger charge is 2.10. The van der Waals surface area contributed by atoms with E-state index in [4.69, 9.17) is 20.3 Å². The smallest absolute Gasteiger partial charge is 0.214 e. The number of nitriles is 1. The predicted octanol–water partition coefficient (Wildman–Crippen LogP) is 2.52. The van der Waals surface area contributed by atoms with Gasteiger partial charge in [-0.3, -0.25) is 0 Å². The average Bonchev–Trinajstić information content (AvgIpc) is 3.05. The van der Waals surface area contributed by atoms with Crippen LogP contribution in [0, 0.1) is 11.3 Å². The summed E-state index contributed by atoms with van der Waals surface area (Å²) < 4.78 is 10.1. The number of pyridine rings is 1. The molecule has 2 rings (SSSR count). The molecule has 2 N–H and O–H groups in total. The maximum atomic E-state index is 9.07. The maximum Gasteiger partial charge on any atom is 0.214 e. The molecule has 2 aromatic heterocycles. The molecule has 0 saturated carbocycles. The maximum absolute atomic E-state index is 9.07. The molecule has 6 nitrogen and oxygen atoms in total. The predicted molar refractivity (Wildman–Crippen MR) is 78.9 cm³/mol. The van der Waals surface area contributed by atoms with Gasteiger partial charge in [-0.2, -0.15) is 5.26 Å². The molecule has 0 radical (unpaired) electrons. The van der Waals surface area contributed by atoms with Gasteiger partial charge in [-0.15, -0.1) is 11.8 Å². The lowest BCUT2D eigenvalue weighted by Crippen LogP contribution is -2.09. The summed E-state index contributed by atoms with van der Waals surface area (Å²) in [6.45, 7) is 0. The number of nitrogens with zero attached hydrogens (tertiary/aromatic N) is 3. The molecule has 0 aromatic carbocycles. The monoisotopic (exact) mass is 304 g/mol. The number of hydrogen-bond donors (Lipinski definition) is 1. The molecule has 7 heteroatoms. The molecule has 0 spiro atoms. The minimum absolute atomic E-state index is 0.143. The highest BCUT2D eigenvalue weighted by Crippen LogP contribution is 2.27. The Labute approximate surface area is 127 Å².